The van der Waals surface area contributed by atoms with E-state index in [9.17, 15) is 8.42 Å². The molecule has 0 amide bonds. The van der Waals surface area contributed by atoms with Gasteiger partial charge in [0, 0.05) is 35.4 Å². The summed E-state index contributed by atoms with van der Waals surface area (Å²) in [5, 5.41) is 0.614. The Morgan fingerprint density at radius 1 is 1.43 bits per heavy atom. The van der Waals surface area contributed by atoms with Crippen molar-refractivity contribution in [2.75, 3.05) is 12.3 Å². The van der Waals surface area contributed by atoms with Crippen molar-refractivity contribution in [3.05, 3.63) is 24.4 Å². The van der Waals surface area contributed by atoms with Crippen LogP contribution in [0, 0.1) is 0 Å². The van der Waals surface area contributed by atoms with E-state index >= 15 is 0 Å². The third-order valence-electron chi connectivity index (χ3n) is 3.76. The average molecular weight is 309 g/mol. The van der Waals surface area contributed by atoms with Gasteiger partial charge in [-0.1, -0.05) is 0 Å². The van der Waals surface area contributed by atoms with Crippen LogP contribution in [0.1, 0.15) is 19.8 Å². The molecule has 6 nitrogen and oxygen atoms in total. The van der Waals surface area contributed by atoms with E-state index in [2.05, 4.69) is 9.71 Å². The summed E-state index contributed by atoms with van der Waals surface area (Å²) in [7, 11) is -3.58. The molecule has 0 saturated carbocycles. The highest BCUT2D eigenvalue weighted by Gasteiger charge is 2.26. The molecule has 21 heavy (non-hydrogen) atoms. The van der Waals surface area contributed by atoms with E-state index in [0.717, 1.165) is 5.52 Å². The SMILES string of the molecule is CC1CC(NS(=O)(=O)c2c[nH]c3ccc(N)cc23)CCO1. The van der Waals surface area contributed by atoms with Crippen LogP contribution >= 0.6 is 0 Å². The summed E-state index contributed by atoms with van der Waals surface area (Å²) < 4.78 is 33.4. The van der Waals surface area contributed by atoms with Gasteiger partial charge in [-0.05, 0) is 38.0 Å². The highest BCUT2D eigenvalue weighted by molar-refractivity contribution is 7.89. The third-order valence-corrected chi connectivity index (χ3v) is 5.32. The molecule has 0 radical (unpaired) electrons. The molecule has 1 aromatic heterocycles. The Labute approximate surface area is 123 Å². The Morgan fingerprint density at radius 3 is 3.00 bits per heavy atom. The zero-order valence-corrected chi connectivity index (χ0v) is 12.6. The van der Waals surface area contributed by atoms with E-state index in [1.807, 2.05) is 6.92 Å². The molecule has 114 valence electrons. The topological polar surface area (TPSA) is 97.2 Å². The van der Waals surface area contributed by atoms with Crippen molar-refractivity contribution < 1.29 is 13.2 Å². The normalized spacial score (nSPS) is 23.5. The molecule has 0 spiro atoms. The van der Waals surface area contributed by atoms with Gasteiger partial charge in [-0.15, -0.1) is 0 Å². The monoisotopic (exact) mass is 309 g/mol. The van der Waals surface area contributed by atoms with Crippen molar-refractivity contribution in [1.82, 2.24) is 9.71 Å². The fraction of sp³-hybridized carbons (Fsp3) is 0.429. The Bertz CT molecular complexity index is 754. The van der Waals surface area contributed by atoms with Crippen molar-refractivity contribution in [2.45, 2.75) is 36.8 Å². The number of benzene rings is 1. The van der Waals surface area contributed by atoms with Crippen LogP contribution in [0.4, 0.5) is 5.69 Å². The molecule has 1 fully saturated rings. The second kappa shape index (κ2) is 5.32. The van der Waals surface area contributed by atoms with Gasteiger partial charge in [0.05, 0.1) is 6.10 Å². The molecule has 2 heterocycles. The maximum Gasteiger partial charge on any atom is 0.242 e. The summed E-state index contributed by atoms with van der Waals surface area (Å²) in [5.74, 6) is 0. The number of hydrogen-bond donors (Lipinski definition) is 3. The number of hydrogen-bond acceptors (Lipinski definition) is 4. The number of nitrogens with two attached hydrogens (primary N) is 1. The molecule has 1 saturated heterocycles. The fourth-order valence-electron chi connectivity index (χ4n) is 2.72. The molecular weight excluding hydrogens is 290 g/mol. The zero-order valence-electron chi connectivity index (χ0n) is 11.8. The first kappa shape index (κ1) is 14.4. The Morgan fingerprint density at radius 2 is 2.24 bits per heavy atom. The number of rotatable bonds is 3. The summed E-state index contributed by atoms with van der Waals surface area (Å²) >= 11 is 0. The lowest BCUT2D eigenvalue weighted by molar-refractivity contribution is 0.0173. The van der Waals surface area contributed by atoms with Crippen LogP contribution in [0.25, 0.3) is 10.9 Å². The lowest BCUT2D eigenvalue weighted by atomic mass is 10.1. The predicted octanol–water partition coefficient (Wildman–Crippen LogP) is 1.60. The van der Waals surface area contributed by atoms with E-state index in [4.69, 9.17) is 10.5 Å². The van der Waals surface area contributed by atoms with Crippen LogP contribution < -0.4 is 10.5 Å². The Balaban J connectivity index is 1.91. The van der Waals surface area contributed by atoms with Gasteiger partial charge in [0.25, 0.3) is 0 Å². The minimum Gasteiger partial charge on any atom is -0.399 e. The number of H-pyrrole nitrogens is 1. The Kier molecular flexibility index (Phi) is 3.64. The van der Waals surface area contributed by atoms with Gasteiger partial charge in [0.2, 0.25) is 10.0 Å². The van der Waals surface area contributed by atoms with E-state index in [1.165, 1.54) is 6.20 Å². The summed E-state index contributed by atoms with van der Waals surface area (Å²) in [6.07, 6.45) is 2.96. The first-order valence-electron chi connectivity index (χ1n) is 6.96. The molecule has 4 N–H and O–H groups in total. The van der Waals surface area contributed by atoms with Gasteiger partial charge in [-0.2, -0.15) is 0 Å². The predicted molar refractivity (Wildman–Crippen MR) is 81.5 cm³/mol. The molecular formula is C14H19N3O3S. The second-order valence-electron chi connectivity index (χ2n) is 5.48. The molecule has 3 rings (SSSR count). The van der Waals surface area contributed by atoms with Crippen LogP contribution in [-0.2, 0) is 14.8 Å². The third kappa shape index (κ3) is 2.90. The smallest absolute Gasteiger partial charge is 0.242 e. The van der Waals surface area contributed by atoms with Crippen molar-refractivity contribution in [3.8, 4) is 0 Å². The van der Waals surface area contributed by atoms with Gasteiger partial charge >= 0.3 is 0 Å². The standard InChI is InChI=1S/C14H19N3O3S/c1-9-6-11(4-5-20-9)17-21(18,19)14-8-16-13-3-2-10(15)7-12(13)14/h2-3,7-9,11,16-17H,4-6,15H2,1H3. The van der Waals surface area contributed by atoms with Crippen LogP contribution in [-0.4, -0.2) is 32.2 Å². The number of nitrogen functional groups attached to an aromatic ring is 1. The minimum absolute atomic E-state index is 0.0741. The number of ether oxygens (including phenoxy) is 1. The molecule has 2 atom stereocenters. The second-order valence-corrected chi connectivity index (χ2v) is 7.16. The average Bonchev–Trinajstić information content (AvgIpc) is 2.81. The first-order valence-corrected chi connectivity index (χ1v) is 8.44. The number of sulfonamides is 1. The lowest BCUT2D eigenvalue weighted by Gasteiger charge is -2.27. The number of anilines is 1. The van der Waals surface area contributed by atoms with E-state index in [0.29, 0.717) is 30.5 Å². The largest absolute Gasteiger partial charge is 0.399 e. The van der Waals surface area contributed by atoms with E-state index < -0.39 is 10.0 Å². The maximum absolute atomic E-state index is 12.6. The van der Waals surface area contributed by atoms with Crippen molar-refractivity contribution in [3.63, 3.8) is 0 Å². The fourth-order valence-corrected chi connectivity index (χ4v) is 4.18. The minimum atomic E-state index is -3.58. The lowest BCUT2D eigenvalue weighted by Crippen LogP contribution is -2.41. The summed E-state index contributed by atoms with van der Waals surface area (Å²) in [5.41, 5.74) is 7.05. The zero-order chi connectivity index (χ0) is 15.0. The highest BCUT2D eigenvalue weighted by atomic mass is 32.2. The van der Waals surface area contributed by atoms with Gasteiger partial charge < -0.3 is 15.5 Å². The number of aromatic amines is 1. The van der Waals surface area contributed by atoms with E-state index in [1.54, 1.807) is 18.2 Å². The first-order chi connectivity index (χ1) is 9.95. The highest BCUT2D eigenvalue weighted by Crippen LogP contribution is 2.25. The van der Waals surface area contributed by atoms with Crippen LogP contribution in [0.5, 0.6) is 0 Å². The van der Waals surface area contributed by atoms with Gasteiger partial charge in [-0.25, -0.2) is 13.1 Å². The summed E-state index contributed by atoms with van der Waals surface area (Å²) in [6.45, 7) is 2.53. The number of aromatic nitrogens is 1. The van der Waals surface area contributed by atoms with E-state index in [-0.39, 0.29) is 17.0 Å². The maximum atomic E-state index is 12.6. The quantitative estimate of drug-likeness (QED) is 0.750. The summed E-state index contributed by atoms with van der Waals surface area (Å²) in [6, 6.07) is 5.10. The number of fused-ring (bicyclic) bond motifs is 1. The molecule has 1 aromatic carbocycles. The molecule has 1 aliphatic rings. The van der Waals surface area contributed by atoms with Gasteiger partial charge in [-0.3, -0.25) is 0 Å². The van der Waals surface area contributed by atoms with Crippen molar-refractivity contribution in [1.29, 1.82) is 0 Å². The van der Waals surface area contributed by atoms with Crippen LogP contribution in [0.2, 0.25) is 0 Å². The van der Waals surface area contributed by atoms with Gasteiger partial charge in [0.1, 0.15) is 4.90 Å². The van der Waals surface area contributed by atoms with Crippen LogP contribution in [0.15, 0.2) is 29.3 Å². The van der Waals surface area contributed by atoms with Gasteiger partial charge in [0.15, 0.2) is 0 Å². The molecule has 7 heteroatoms. The van der Waals surface area contributed by atoms with Crippen molar-refractivity contribution >= 4 is 26.6 Å². The molecule has 2 unspecified atom stereocenters. The molecule has 0 bridgehead atoms. The van der Waals surface area contributed by atoms with Crippen molar-refractivity contribution in [2.24, 2.45) is 0 Å². The molecule has 2 aromatic rings. The number of nitrogens with one attached hydrogen (secondary N) is 2. The molecule has 0 aliphatic carbocycles. The molecule has 1 aliphatic heterocycles. The summed E-state index contributed by atoms with van der Waals surface area (Å²) in [4.78, 5) is 3.21. The Hall–Kier alpha value is -1.57. The van der Waals surface area contributed by atoms with Crippen LogP contribution in [0.3, 0.4) is 0 Å².